The van der Waals surface area contributed by atoms with Crippen molar-refractivity contribution in [3.63, 3.8) is 0 Å². The minimum Gasteiger partial charge on any atom is -0.369 e. The quantitative estimate of drug-likeness (QED) is 0.724. The number of Topliss-reactive ketones (excluding diaryl/α,β-unsaturated/α-hetero) is 1. The molecule has 1 aliphatic heterocycles. The van der Waals surface area contributed by atoms with Gasteiger partial charge in [-0.05, 0) is 43.7 Å². The van der Waals surface area contributed by atoms with E-state index in [1.807, 2.05) is 73.5 Å². The summed E-state index contributed by atoms with van der Waals surface area (Å²) < 4.78 is 0. The molecule has 2 aromatic carbocycles. The second-order valence-electron chi connectivity index (χ2n) is 7.48. The molecule has 0 radical (unpaired) electrons. The van der Waals surface area contributed by atoms with Crippen molar-refractivity contribution in [1.29, 1.82) is 0 Å². The van der Waals surface area contributed by atoms with Gasteiger partial charge in [-0.1, -0.05) is 30.3 Å². The fraction of sp³-hybridized carbons (Fsp3) is 0.391. The van der Waals surface area contributed by atoms with E-state index in [1.165, 1.54) is 0 Å². The molecule has 148 valence electrons. The van der Waals surface area contributed by atoms with Crippen molar-refractivity contribution in [2.24, 2.45) is 0 Å². The maximum absolute atomic E-state index is 12.8. The average Bonchev–Trinajstić information content (AvgIpc) is 2.73. The first-order valence-electron chi connectivity index (χ1n) is 9.84. The van der Waals surface area contributed by atoms with Crippen LogP contribution in [0.25, 0.3) is 0 Å². The van der Waals surface area contributed by atoms with Gasteiger partial charge in [0.1, 0.15) is 0 Å². The number of carbonyl (C=O) groups is 2. The number of ketones is 1. The third kappa shape index (κ3) is 4.78. The Bertz CT molecular complexity index is 796. The third-order valence-corrected chi connectivity index (χ3v) is 5.50. The molecule has 1 aliphatic rings. The van der Waals surface area contributed by atoms with Gasteiger partial charge in [0.05, 0.1) is 6.04 Å². The smallest absolute Gasteiger partial charge is 0.239 e. The molecule has 5 nitrogen and oxygen atoms in total. The number of rotatable bonds is 6. The summed E-state index contributed by atoms with van der Waals surface area (Å²) in [4.78, 5) is 30.6. The van der Waals surface area contributed by atoms with Crippen LogP contribution in [0.15, 0.2) is 54.6 Å². The van der Waals surface area contributed by atoms with Crippen LogP contribution in [0.2, 0.25) is 0 Å². The minimum absolute atomic E-state index is 0.0864. The predicted octanol–water partition coefficient (Wildman–Crippen LogP) is 3.06. The summed E-state index contributed by atoms with van der Waals surface area (Å²) >= 11 is 0. The molecule has 0 aliphatic carbocycles. The highest BCUT2D eigenvalue weighted by Crippen LogP contribution is 2.19. The van der Waals surface area contributed by atoms with E-state index < -0.39 is 0 Å². The van der Waals surface area contributed by atoms with Crippen LogP contribution in [0.5, 0.6) is 0 Å². The van der Waals surface area contributed by atoms with Crippen LogP contribution in [0.3, 0.4) is 0 Å². The highest BCUT2D eigenvalue weighted by atomic mass is 16.2. The fourth-order valence-corrected chi connectivity index (χ4v) is 3.68. The lowest BCUT2D eigenvalue weighted by Gasteiger charge is -2.39. The van der Waals surface area contributed by atoms with Gasteiger partial charge in [-0.15, -0.1) is 0 Å². The summed E-state index contributed by atoms with van der Waals surface area (Å²) in [6.07, 6.45) is 0. The fourth-order valence-electron chi connectivity index (χ4n) is 3.68. The molecule has 0 bridgehead atoms. The van der Waals surface area contributed by atoms with Crippen molar-refractivity contribution < 1.29 is 9.59 Å². The van der Waals surface area contributed by atoms with E-state index in [4.69, 9.17) is 0 Å². The number of anilines is 1. The van der Waals surface area contributed by atoms with Gasteiger partial charge in [-0.3, -0.25) is 14.5 Å². The van der Waals surface area contributed by atoms with Crippen LogP contribution in [0, 0.1) is 0 Å². The van der Waals surface area contributed by atoms with Gasteiger partial charge in [0.15, 0.2) is 5.78 Å². The molecule has 1 amide bonds. The first-order chi connectivity index (χ1) is 13.5. The molecule has 0 N–H and O–H groups in total. The highest BCUT2D eigenvalue weighted by Gasteiger charge is 2.27. The van der Waals surface area contributed by atoms with Crippen LogP contribution < -0.4 is 4.90 Å². The largest absolute Gasteiger partial charge is 0.369 e. The predicted molar refractivity (Wildman–Crippen MR) is 113 cm³/mol. The topological polar surface area (TPSA) is 43.9 Å². The summed E-state index contributed by atoms with van der Waals surface area (Å²) in [6.45, 7) is 7.66. The Morgan fingerprint density at radius 3 is 2.14 bits per heavy atom. The Morgan fingerprint density at radius 2 is 1.57 bits per heavy atom. The molecular formula is C23H29N3O2. The summed E-state index contributed by atoms with van der Waals surface area (Å²) in [5.41, 5.74) is 3.01. The van der Waals surface area contributed by atoms with Gasteiger partial charge in [0, 0.05) is 51.0 Å². The lowest BCUT2D eigenvalue weighted by Crippen LogP contribution is -2.54. The number of nitrogens with zero attached hydrogens (tertiary/aromatic N) is 3. The number of piperazine rings is 1. The van der Waals surface area contributed by atoms with E-state index in [-0.39, 0.29) is 17.7 Å². The summed E-state index contributed by atoms with van der Waals surface area (Å²) in [5.74, 6) is 0.242. The first kappa shape index (κ1) is 20.1. The standard InChI is InChI=1S/C23H29N3O2/c1-18(23(28)24(3)17-20-7-5-4-6-8-20)25-13-15-26(16-14-25)22-11-9-21(10-12-22)19(2)27/h4-12,18H,13-17H2,1-3H3/t18-/m1/s1. The van der Waals surface area contributed by atoms with Crippen LogP contribution in [-0.2, 0) is 11.3 Å². The molecule has 28 heavy (non-hydrogen) atoms. The first-order valence-corrected chi connectivity index (χ1v) is 9.84. The Morgan fingerprint density at radius 1 is 0.964 bits per heavy atom. The summed E-state index contributed by atoms with van der Waals surface area (Å²) in [5, 5.41) is 0. The van der Waals surface area contributed by atoms with Crippen molar-refractivity contribution in [2.75, 3.05) is 38.1 Å². The zero-order valence-corrected chi connectivity index (χ0v) is 17.0. The van der Waals surface area contributed by atoms with E-state index in [9.17, 15) is 9.59 Å². The molecule has 5 heteroatoms. The summed E-state index contributed by atoms with van der Waals surface area (Å²) in [6, 6.07) is 17.7. The van der Waals surface area contributed by atoms with E-state index in [2.05, 4.69) is 9.80 Å². The van der Waals surface area contributed by atoms with Crippen molar-refractivity contribution in [2.45, 2.75) is 26.4 Å². The number of carbonyl (C=O) groups excluding carboxylic acids is 2. The second kappa shape index (κ2) is 9.02. The van der Waals surface area contributed by atoms with Crippen LogP contribution in [0.4, 0.5) is 5.69 Å². The zero-order chi connectivity index (χ0) is 20.1. The van der Waals surface area contributed by atoms with Crippen molar-refractivity contribution in [3.05, 3.63) is 65.7 Å². The molecule has 3 rings (SSSR count). The van der Waals surface area contributed by atoms with Gasteiger partial charge >= 0.3 is 0 Å². The molecule has 0 saturated carbocycles. The molecule has 0 aromatic heterocycles. The minimum atomic E-state index is -0.129. The SMILES string of the molecule is CC(=O)c1ccc(N2CCN([C@H](C)C(=O)N(C)Cc3ccccc3)CC2)cc1. The van der Waals surface area contributed by atoms with Crippen molar-refractivity contribution in [1.82, 2.24) is 9.80 Å². The number of hydrogen-bond acceptors (Lipinski definition) is 4. The van der Waals surface area contributed by atoms with Crippen molar-refractivity contribution in [3.8, 4) is 0 Å². The zero-order valence-electron chi connectivity index (χ0n) is 17.0. The maximum atomic E-state index is 12.8. The molecule has 1 saturated heterocycles. The van der Waals surface area contributed by atoms with Crippen LogP contribution in [0.1, 0.15) is 29.8 Å². The summed E-state index contributed by atoms with van der Waals surface area (Å²) in [7, 11) is 1.87. The Balaban J connectivity index is 1.53. The Kier molecular flexibility index (Phi) is 6.47. The molecule has 0 unspecified atom stereocenters. The van der Waals surface area contributed by atoms with Crippen LogP contribution in [-0.4, -0.2) is 60.8 Å². The number of benzene rings is 2. The number of amides is 1. The van der Waals surface area contributed by atoms with E-state index >= 15 is 0 Å². The average molecular weight is 380 g/mol. The number of hydrogen-bond donors (Lipinski definition) is 0. The Hall–Kier alpha value is -2.66. The maximum Gasteiger partial charge on any atom is 0.239 e. The molecule has 0 spiro atoms. The highest BCUT2D eigenvalue weighted by molar-refractivity contribution is 5.94. The van der Waals surface area contributed by atoms with Crippen molar-refractivity contribution >= 4 is 17.4 Å². The third-order valence-electron chi connectivity index (χ3n) is 5.50. The van der Waals surface area contributed by atoms with Gasteiger partial charge < -0.3 is 9.80 Å². The van der Waals surface area contributed by atoms with Gasteiger partial charge in [0.2, 0.25) is 5.91 Å². The van der Waals surface area contributed by atoms with Crippen LogP contribution >= 0.6 is 0 Å². The van der Waals surface area contributed by atoms with Gasteiger partial charge in [-0.25, -0.2) is 0 Å². The Labute approximate surface area is 167 Å². The molecule has 1 fully saturated rings. The second-order valence-corrected chi connectivity index (χ2v) is 7.48. The van der Waals surface area contributed by atoms with E-state index in [0.717, 1.165) is 43.0 Å². The molecule has 1 heterocycles. The number of likely N-dealkylation sites (N-methyl/N-ethyl adjacent to an activating group) is 1. The van der Waals surface area contributed by atoms with E-state index in [0.29, 0.717) is 6.54 Å². The van der Waals surface area contributed by atoms with Gasteiger partial charge in [-0.2, -0.15) is 0 Å². The monoisotopic (exact) mass is 379 g/mol. The van der Waals surface area contributed by atoms with Gasteiger partial charge in [0.25, 0.3) is 0 Å². The normalized spacial score (nSPS) is 15.9. The molecule has 1 atom stereocenters. The lowest BCUT2D eigenvalue weighted by atomic mass is 10.1. The molecule has 2 aromatic rings. The lowest BCUT2D eigenvalue weighted by molar-refractivity contribution is -0.135. The molecular weight excluding hydrogens is 350 g/mol. The van der Waals surface area contributed by atoms with E-state index in [1.54, 1.807) is 6.92 Å².